The number of morpholine rings is 1. The number of rotatable bonds is 7. The van der Waals surface area contributed by atoms with Crippen molar-refractivity contribution in [1.82, 2.24) is 10.6 Å². The van der Waals surface area contributed by atoms with Crippen molar-refractivity contribution in [1.29, 1.82) is 0 Å². The second-order valence-electron chi connectivity index (χ2n) is 6.79. The maximum absolute atomic E-state index is 13.3. The van der Waals surface area contributed by atoms with Crippen molar-refractivity contribution in [3.05, 3.63) is 65.5 Å². The van der Waals surface area contributed by atoms with Gasteiger partial charge in [-0.05, 0) is 42.0 Å². The fourth-order valence-electron chi connectivity index (χ4n) is 3.36. The molecule has 0 amide bonds. The minimum atomic E-state index is -0.218. The van der Waals surface area contributed by atoms with Crippen LogP contribution in [0, 0.1) is 5.82 Å². The standard InChI is InChI=1S/C21H26FN3O2S/c1-26-19-8-2-16(3-9-19)14-23-21(28)24-15-20(25-10-12-27-13-11-25)17-4-6-18(22)7-5-17/h2-9,20H,10-15H2,1H3,(H2,23,24,28)/p+1/t20-/m1/s1. The third-order valence-corrected chi connectivity index (χ3v) is 5.27. The van der Waals surface area contributed by atoms with Crippen LogP contribution in [0.4, 0.5) is 4.39 Å². The van der Waals surface area contributed by atoms with E-state index < -0.39 is 0 Å². The fourth-order valence-corrected chi connectivity index (χ4v) is 3.51. The maximum atomic E-state index is 13.3. The molecule has 150 valence electrons. The number of hydrogen-bond acceptors (Lipinski definition) is 3. The van der Waals surface area contributed by atoms with Gasteiger partial charge in [0, 0.05) is 12.1 Å². The van der Waals surface area contributed by atoms with Gasteiger partial charge in [0.15, 0.2) is 5.11 Å². The molecule has 0 aromatic heterocycles. The predicted molar refractivity (Wildman–Crippen MR) is 111 cm³/mol. The van der Waals surface area contributed by atoms with Crippen LogP contribution in [0.15, 0.2) is 48.5 Å². The Bertz CT molecular complexity index is 749. The summed E-state index contributed by atoms with van der Waals surface area (Å²) in [7, 11) is 1.65. The van der Waals surface area contributed by atoms with E-state index in [-0.39, 0.29) is 11.9 Å². The Hall–Kier alpha value is -2.22. The number of quaternary nitrogens is 1. The van der Waals surface area contributed by atoms with Crippen LogP contribution in [-0.4, -0.2) is 45.1 Å². The van der Waals surface area contributed by atoms with Crippen LogP contribution in [0.25, 0.3) is 0 Å². The Kier molecular flexibility index (Phi) is 7.59. The molecule has 5 nitrogen and oxygen atoms in total. The summed E-state index contributed by atoms with van der Waals surface area (Å²) < 4.78 is 24.0. The van der Waals surface area contributed by atoms with Crippen LogP contribution in [-0.2, 0) is 11.3 Å². The molecule has 7 heteroatoms. The Morgan fingerprint density at radius 3 is 2.43 bits per heavy atom. The zero-order valence-electron chi connectivity index (χ0n) is 16.0. The number of nitrogens with one attached hydrogen (secondary N) is 3. The molecule has 1 atom stereocenters. The topological polar surface area (TPSA) is 47.0 Å². The molecule has 0 bridgehead atoms. The SMILES string of the molecule is COc1ccc(CNC(=S)NC[C@H](c2ccc(F)cc2)[NH+]2CCOCC2)cc1. The molecule has 28 heavy (non-hydrogen) atoms. The highest BCUT2D eigenvalue weighted by atomic mass is 32.1. The smallest absolute Gasteiger partial charge is 0.166 e. The first-order valence-electron chi connectivity index (χ1n) is 9.48. The van der Waals surface area contributed by atoms with Crippen LogP contribution in [0.5, 0.6) is 5.75 Å². The first-order chi connectivity index (χ1) is 13.7. The molecule has 1 saturated heterocycles. The molecular formula is C21H27FN3O2S+. The van der Waals surface area contributed by atoms with Gasteiger partial charge in [0.1, 0.15) is 30.7 Å². The van der Waals surface area contributed by atoms with Crippen molar-refractivity contribution in [2.45, 2.75) is 12.6 Å². The van der Waals surface area contributed by atoms with E-state index in [4.69, 9.17) is 21.7 Å². The summed E-state index contributed by atoms with van der Waals surface area (Å²) >= 11 is 5.45. The molecule has 0 spiro atoms. The van der Waals surface area contributed by atoms with E-state index >= 15 is 0 Å². The van der Waals surface area contributed by atoms with Gasteiger partial charge >= 0.3 is 0 Å². The number of benzene rings is 2. The first-order valence-corrected chi connectivity index (χ1v) is 9.89. The van der Waals surface area contributed by atoms with Crippen molar-refractivity contribution >= 4 is 17.3 Å². The summed E-state index contributed by atoms with van der Waals surface area (Å²) in [4.78, 5) is 1.42. The van der Waals surface area contributed by atoms with E-state index in [1.165, 1.54) is 17.0 Å². The molecule has 1 fully saturated rings. The normalized spacial score (nSPS) is 15.6. The van der Waals surface area contributed by atoms with Crippen molar-refractivity contribution < 1.29 is 18.8 Å². The number of halogens is 1. The molecule has 2 aromatic rings. The van der Waals surface area contributed by atoms with E-state index in [9.17, 15) is 4.39 Å². The van der Waals surface area contributed by atoms with Gasteiger partial charge in [-0.3, -0.25) is 0 Å². The first kappa shape index (κ1) is 20.5. The van der Waals surface area contributed by atoms with Gasteiger partial charge in [-0.15, -0.1) is 0 Å². The van der Waals surface area contributed by atoms with Crippen LogP contribution in [0.2, 0.25) is 0 Å². The number of methoxy groups -OCH3 is 1. The van der Waals surface area contributed by atoms with Gasteiger partial charge in [0.05, 0.1) is 26.9 Å². The summed E-state index contributed by atoms with van der Waals surface area (Å²) in [5, 5.41) is 7.17. The molecule has 0 saturated carbocycles. The molecule has 0 radical (unpaired) electrons. The fraction of sp³-hybridized carbons (Fsp3) is 0.381. The van der Waals surface area contributed by atoms with Crippen LogP contribution < -0.4 is 20.3 Å². The zero-order chi connectivity index (χ0) is 19.8. The lowest BCUT2D eigenvalue weighted by Gasteiger charge is -2.32. The molecule has 1 aliphatic rings. The largest absolute Gasteiger partial charge is 0.497 e. The highest BCUT2D eigenvalue weighted by molar-refractivity contribution is 7.80. The lowest BCUT2D eigenvalue weighted by atomic mass is 10.0. The van der Waals surface area contributed by atoms with Crippen LogP contribution in [0.3, 0.4) is 0 Å². The second-order valence-corrected chi connectivity index (χ2v) is 7.19. The van der Waals surface area contributed by atoms with E-state index in [0.29, 0.717) is 18.2 Å². The van der Waals surface area contributed by atoms with E-state index in [1.807, 2.05) is 36.4 Å². The summed E-state index contributed by atoms with van der Waals surface area (Å²) in [6, 6.07) is 14.8. The molecule has 2 aromatic carbocycles. The van der Waals surface area contributed by atoms with Crippen molar-refractivity contribution in [2.24, 2.45) is 0 Å². The number of hydrogen-bond donors (Lipinski definition) is 3. The van der Waals surface area contributed by atoms with E-state index in [1.54, 1.807) is 7.11 Å². The quantitative estimate of drug-likeness (QED) is 0.610. The Morgan fingerprint density at radius 1 is 1.11 bits per heavy atom. The Balaban J connectivity index is 1.55. The Morgan fingerprint density at radius 2 is 1.79 bits per heavy atom. The number of thiocarbonyl (C=S) groups is 1. The van der Waals surface area contributed by atoms with Crippen molar-refractivity contribution in [2.75, 3.05) is 40.0 Å². The van der Waals surface area contributed by atoms with Gasteiger partial charge in [0.25, 0.3) is 0 Å². The summed E-state index contributed by atoms with van der Waals surface area (Å²) in [5.41, 5.74) is 2.22. The number of ether oxygens (including phenoxy) is 2. The van der Waals surface area contributed by atoms with Crippen LogP contribution in [0.1, 0.15) is 17.2 Å². The minimum absolute atomic E-state index is 0.185. The summed E-state index contributed by atoms with van der Waals surface area (Å²) in [6.45, 7) is 4.66. The predicted octanol–water partition coefficient (Wildman–Crippen LogP) is 1.45. The summed E-state index contributed by atoms with van der Waals surface area (Å²) in [6.07, 6.45) is 0. The monoisotopic (exact) mass is 404 g/mol. The molecule has 3 N–H and O–H groups in total. The van der Waals surface area contributed by atoms with Gasteiger partial charge < -0.3 is 25.0 Å². The van der Waals surface area contributed by atoms with Gasteiger partial charge in [-0.25, -0.2) is 4.39 Å². The molecule has 0 aliphatic carbocycles. The van der Waals surface area contributed by atoms with Gasteiger partial charge in [-0.2, -0.15) is 0 Å². The molecular weight excluding hydrogens is 377 g/mol. The van der Waals surface area contributed by atoms with Crippen molar-refractivity contribution in [3.63, 3.8) is 0 Å². The lowest BCUT2D eigenvalue weighted by molar-refractivity contribution is -0.937. The third-order valence-electron chi connectivity index (χ3n) is 4.98. The van der Waals surface area contributed by atoms with Crippen LogP contribution >= 0.6 is 12.2 Å². The molecule has 1 heterocycles. The minimum Gasteiger partial charge on any atom is -0.497 e. The average molecular weight is 405 g/mol. The van der Waals surface area contributed by atoms with E-state index in [2.05, 4.69) is 10.6 Å². The highest BCUT2D eigenvalue weighted by Crippen LogP contribution is 2.12. The highest BCUT2D eigenvalue weighted by Gasteiger charge is 2.26. The van der Waals surface area contributed by atoms with Gasteiger partial charge in [0.2, 0.25) is 0 Å². The maximum Gasteiger partial charge on any atom is 0.166 e. The Labute approximate surface area is 170 Å². The molecule has 1 aliphatic heterocycles. The van der Waals surface area contributed by atoms with Crippen molar-refractivity contribution in [3.8, 4) is 5.75 Å². The third kappa shape index (κ3) is 5.89. The zero-order valence-corrected chi connectivity index (χ0v) is 16.9. The molecule has 3 rings (SSSR count). The average Bonchev–Trinajstić information content (AvgIpc) is 2.75. The summed E-state index contributed by atoms with van der Waals surface area (Å²) in [5.74, 6) is 0.615. The lowest BCUT2D eigenvalue weighted by Crippen LogP contribution is -3.15. The van der Waals surface area contributed by atoms with Gasteiger partial charge in [-0.1, -0.05) is 24.3 Å². The molecule has 0 unspecified atom stereocenters. The van der Waals surface area contributed by atoms with E-state index in [0.717, 1.165) is 43.2 Å². The second kappa shape index (κ2) is 10.4.